The molecule has 0 unspecified atom stereocenters. The van der Waals surface area contributed by atoms with Gasteiger partial charge in [0.25, 0.3) is 11.5 Å². The zero-order valence-corrected chi connectivity index (χ0v) is 19.4. The molecule has 2 aromatic rings. The number of ether oxygens (including phenoxy) is 2. The molecule has 0 aliphatic heterocycles. The van der Waals surface area contributed by atoms with Crippen LogP contribution in [0.5, 0.6) is 5.75 Å². The van der Waals surface area contributed by atoms with Gasteiger partial charge in [-0.1, -0.05) is 6.07 Å². The summed E-state index contributed by atoms with van der Waals surface area (Å²) in [5.41, 5.74) is -2.09. The van der Waals surface area contributed by atoms with Crippen molar-refractivity contribution >= 4 is 15.7 Å². The Hall–Kier alpha value is -2.83. The number of nitrogens with one attached hydrogen (secondary N) is 1. The smallest absolute Gasteiger partial charge is 0.294 e. The third kappa shape index (κ3) is 5.23. The molecule has 1 amide bonds. The van der Waals surface area contributed by atoms with Crippen LogP contribution < -0.4 is 5.56 Å². The molecule has 180 valence electrons. The van der Waals surface area contributed by atoms with E-state index in [4.69, 9.17) is 9.47 Å². The fourth-order valence-corrected chi connectivity index (χ4v) is 4.55. The lowest BCUT2D eigenvalue weighted by Gasteiger charge is -2.40. The highest BCUT2D eigenvalue weighted by Crippen LogP contribution is 2.43. The Morgan fingerprint density at radius 1 is 1.33 bits per heavy atom. The minimum Gasteiger partial charge on any atom is -0.501 e. The normalized spacial score (nSPS) is 15.2. The summed E-state index contributed by atoms with van der Waals surface area (Å²) < 4.78 is 48.5. The standard InChI is InChI=1S/C21H26FN3O7S/c1-25(12-13-5-6-14(22)11-15(13)33(3,29)30)19(28)16-17(26)18(27)24-20(23-16)21(7-4-8-21)32-10-9-31-2/h5-6,11,26H,4,7-10,12H2,1-3H3,(H,23,24,27). The average Bonchev–Trinajstić information content (AvgIpc) is 2.72. The van der Waals surface area contributed by atoms with Gasteiger partial charge in [0.2, 0.25) is 5.75 Å². The molecule has 0 saturated heterocycles. The third-order valence-electron chi connectivity index (χ3n) is 5.54. The molecule has 1 fully saturated rings. The number of benzene rings is 1. The van der Waals surface area contributed by atoms with Gasteiger partial charge in [-0.2, -0.15) is 0 Å². The summed E-state index contributed by atoms with van der Waals surface area (Å²) in [6, 6.07) is 3.22. The number of H-pyrrole nitrogens is 1. The van der Waals surface area contributed by atoms with Crippen molar-refractivity contribution in [1.82, 2.24) is 14.9 Å². The average molecular weight is 484 g/mol. The van der Waals surface area contributed by atoms with Crippen molar-refractivity contribution in [2.75, 3.05) is 33.6 Å². The Kier molecular flexibility index (Phi) is 7.20. The van der Waals surface area contributed by atoms with E-state index in [-0.39, 0.29) is 29.4 Å². The summed E-state index contributed by atoms with van der Waals surface area (Å²) in [6.07, 6.45) is 2.91. The number of aromatic hydroxyl groups is 1. The molecule has 33 heavy (non-hydrogen) atoms. The number of methoxy groups -OCH3 is 1. The summed E-state index contributed by atoms with van der Waals surface area (Å²) in [4.78, 5) is 33.0. The van der Waals surface area contributed by atoms with E-state index < -0.39 is 44.2 Å². The zero-order valence-electron chi connectivity index (χ0n) is 18.6. The van der Waals surface area contributed by atoms with E-state index in [1.165, 1.54) is 20.2 Å². The van der Waals surface area contributed by atoms with Crippen LogP contribution in [-0.4, -0.2) is 67.9 Å². The number of carbonyl (C=O) groups excluding carboxylic acids is 1. The van der Waals surface area contributed by atoms with Gasteiger partial charge in [-0.05, 0) is 37.0 Å². The maximum atomic E-state index is 13.6. The second-order valence-corrected chi connectivity index (χ2v) is 9.97. The van der Waals surface area contributed by atoms with Gasteiger partial charge in [0.1, 0.15) is 17.2 Å². The minimum absolute atomic E-state index is 0.128. The third-order valence-corrected chi connectivity index (χ3v) is 6.72. The number of hydrogen-bond acceptors (Lipinski definition) is 8. The van der Waals surface area contributed by atoms with Crippen molar-refractivity contribution in [3.05, 3.63) is 51.5 Å². The minimum atomic E-state index is -3.76. The number of amides is 1. The molecule has 1 aromatic carbocycles. The van der Waals surface area contributed by atoms with Crippen LogP contribution in [0.15, 0.2) is 27.9 Å². The molecule has 1 aromatic heterocycles. The molecule has 2 N–H and O–H groups in total. The first-order chi connectivity index (χ1) is 15.5. The molecular weight excluding hydrogens is 457 g/mol. The summed E-state index contributed by atoms with van der Waals surface area (Å²) in [5, 5.41) is 10.2. The van der Waals surface area contributed by atoms with Crippen molar-refractivity contribution in [2.45, 2.75) is 36.3 Å². The molecule has 1 saturated carbocycles. The molecule has 10 nitrogen and oxygen atoms in total. The number of halogens is 1. The number of sulfone groups is 1. The number of hydrogen-bond donors (Lipinski definition) is 2. The van der Waals surface area contributed by atoms with E-state index in [1.54, 1.807) is 0 Å². The van der Waals surface area contributed by atoms with Crippen LogP contribution in [0.3, 0.4) is 0 Å². The Bertz CT molecular complexity index is 1210. The van der Waals surface area contributed by atoms with Crippen LogP contribution in [0, 0.1) is 5.82 Å². The number of aromatic amines is 1. The molecule has 0 atom stereocenters. The first kappa shape index (κ1) is 24.8. The molecule has 0 spiro atoms. The Morgan fingerprint density at radius 3 is 2.61 bits per heavy atom. The van der Waals surface area contributed by atoms with Gasteiger partial charge in [0, 0.05) is 27.0 Å². The van der Waals surface area contributed by atoms with Crippen molar-refractivity contribution in [3.63, 3.8) is 0 Å². The summed E-state index contributed by atoms with van der Waals surface area (Å²) in [5.74, 6) is -2.27. The van der Waals surface area contributed by atoms with Crippen molar-refractivity contribution < 1.29 is 32.2 Å². The zero-order chi connectivity index (χ0) is 24.4. The van der Waals surface area contributed by atoms with Gasteiger partial charge in [-0.3, -0.25) is 9.59 Å². The Morgan fingerprint density at radius 2 is 2.03 bits per heavy atom. The summed E-state index contributed by atoms with van der Waals surface area (Å²) >= 11 is 0. The summed E-state index contributed by atoms with van der Waals surface area (Å²) in [7, 11) is -0.881. The number of aromatic nitrogens is 2. The molecule has 1 aliphatic rings. The van der Waals surface area contributed by atoms with Crippen LogP contribution in [0.4, 0.5) is 4.39 Å². The van der Waals surface area contributed by atoms with Crippen LogP contribution >= 0.6 is 0 Å². The van der Waals surface area contributed by atoms with Gasteiger partial charge in [0.15, 0.2) is 15.5 Å². The fraction of sp³-hybridized carbons (Fsp3) is 0.476. The van der Waals surface area contributed by atoms with Crippen molar-refractivity contribution in [3.8, 4) is 5.75 Å². The largest absolute Gasteiger partial charge is 0.501 e. The molecule has 3 rings (SSSR count). The topological polar surface area (TPSA) is 139 Å². The Labute approximate surface area is 190 Å². The Balaban J connectivity index is 1.92. The summed E-state index contributed by atoms with van der Waals surface area (Å²) in [6.45, 7) is 0.363. The lowest BCUT2D eigenvalue weighted by molar-refractivity contribution is -0.123. The van der Waals surface area contributed by atoms with Crippen molar-refractivity contribution in [2.24, 2.45) is 0 Å². The lowest BCUT2D eigenvalue weighted by atomic mass is 9.79. The highest BCUT2D eigenvalue weighted by molar-refractivity contribution is 7.90. The quantitative estimate of drug-likeness (QED) is 0.510. The predicted molar refractivity (Wildman–Crippen MR) is 115 cm³/mol. The van der Waals surface area contributed by atoms with Gasteiger partial charge in [0.05, 0.1) is 18.1 Å². The second kappa shape index (κ2) is 9.57. The number of nitrogens with zero attached hydrogens (tertiary/aromatic N) is 2. The first-order valence-corrected chi connectivity index (χ1v) is 12.1. The van der Waals surface area contributed by atoms with Gasteiger partial charge < -0.3 is 24.5 Å². The maximum absolute atomic E-state index is 13.6. The molecule has 0 bridgehead atoms. The SMILES string of the molecule is COCCOC1(c2nc(C(=O)N(C)Cc3ccc(F)cc3S(C)(=O)=O)c(O)c(=O)[nH]2)CCC1. The maximum Gasteiger partial charge on any atom is 0.294 e. The van der Waals surface area contributed by atoms with Crippen LogP contribution in [0.1, 0.15) is 41.1 Å². The lowest BCUT2D eigenvalue weighted by Crippen LogP contribution is -2.42. The molecule has 1 aliphatic carbocycles. The highest BCUT2D eigenvalue weighted by atomic mass is 32.2. The van der Waals surface area contributed by atoms with E-state index in [1.807, 2.05) is 0 Å². The van der Waals surface area contributed by atoms with E-state index in [9.17, 15) is 27.5 Å². The van der Waals surface area contributed by atoms with E-state index >= 15 is 0 Å². The van der Waals surface area contributed by atoms with E-state index in [0.29, 0.717) is 19.4 Å². The molecule has 12 heteroatoms. The van der Waals surface area contributed by atoms with Gasteiger partial charge in [-0.25, -0.2) is 17.8 Å². The number of rotatable bonds is 9. The van der Waals surface area contributed by atoms with E-state index in [2.05, 4.69) is 9.97 Å². The van der Waals surface area contributed by atoms with Crippen LogP contribution in [0.2, 0.25) is 0 Å². The fourth-order valence-electron chi connectivity index (χ4n) is 3.61. The first-order valence-electron chi connectivity index (χ1n) is 10.2. The monoisotopic (exact) mass is 483 g/mol. The van der Waals surface area contributed by atoms with Gasteiger partial charge in [-0.15, -0.1) is 0 Å². The van der Waals surface area contributed by atoms with Crippen LogP contribution in [0.25, 0.3) is 0 Å². The molecule has 1 heterocycles. The predicted octanol–water partition coefficient (Wildman–Crippen LogP) is 1.33. The molecule has 0 radical (unpaired) electrons. The molecular formula is C21H26FN3O7S. The number of carbonyl (C=O) groups is 1. The highest BCUT2D eigenvalue weighted by Gasteiger charge is 2.43. The van der Waals surface area contributed by atoms with Gasteiger partial charge >= 0.3 is 0 Å². The van der Waals surface area contributed by atoms with Crippen LogP contribution in [-0.2, 0) is 31.5 Å². The van der Waals surface area contributed by atoms with E-state index in [0.717, 1.165) is 29.7 Å². The second-order valence-electron chi connectivity index (χ2n) is 7.99. The van der Waals surface area contributed by atoms with Crippen molar-refractivity contribution in [1.29, 1.82) is 0 Å².